The van der Waals surface area contributed by atoms with Crippen molar-refractivity contribution in [3.63, 3.8) is 0 Å². The number of para-hydroxylation sites is 2. The van der Waals surface area contributed by atoms with Crippen LogP contribution in [-0.2, 0) is 11.3 Å². The van der Waals surface area contributed by atoms with Crippen LogP contribution in [0.25, 0.3) is 11.0 Å². The third-order valence-electron chi connectivity index (χ3n) is 4.17. The van der Waals surface area contributed by atoms with Crippen molar-refractivity contribution in [1.29, 1.82) is 0 Å². The van der Waals surface area contributed by atoms with E-state index in [9.17, 15) is 9.59 Å². The Morgan fingerprint density at radius 2 is 1.92 bits per heavy atom. The van der Waals surface area contributed by atoms with Gasteiger partial charge in [0.15, 0.2) is 0 Å². The van der Waals surface area contributed by atoms with E-state index in [2.05, 4.69) is 20.6 Å². The number of nitrogens with one attached hydrogen (secondary N) is 3. The lowest BCUT2D eigenvalue weighted by Crippen LogP contribution is -2.29. The smallest absolute Gasteiger partial charge is 0.252 e. The molecule has 2 heterocycles. The first-order chi connectivity index (χ1) is 11.7. The molecule has 2 aromatic carbocycles. The van der Waals surface area contributed by atoms with Crippen molar-refractivity contribution in [3.8, 4) is 0 Å². The highest BCUT2D eigenvalue weighted by Crippen LogP contribution is 2.27. The van der Waals surface area contributed by atoms with Gasteiger partial charge in [-0.3, -0.25) is 9.59 Å². The molecule has 24 heavy (non-hydrogen) atoms. The van der Waals surface area contributed by atoms with Gasteiger partial charge in [-0.25, -0.2) is 4.98 Å². The van der Waals surface area contributed by atoms with Crippen molar-refractivity contribution < 1.29 is 9.59 Å². The van der Waals surface area contributed by atoms with Crippen LogP contribution in [0.1, 0.15) is 34.2 Å². The number of hydrogen-bond acceptors (Lipinski definition) is 3. The van der Waals surface area contributed by atoms with Gasteiger partial charge in [-0.15, -0.1) is 0 Å². The first-order valence-corrected chi connectivity index (χ1v) is 7.81. The first kappa shape index (κ1) is 14.4. The lowest BCUT2D eigenvalue weighted by molar-refractivity contribution is -0.121. The van der Waals surface area contributed by atoms with Gasteiger partial charge in [0.2, 0.25) is 5.91 Å². The molecule has 0 saturated heterocycles. The summed E-state index contributed by atoms with van der Waals surface area (Å²) in [6.07, 6.45) is 0.211. The van der Waals surface area contributed by atoms with Crippen LogP contribution in [0.3, 0.4) is 0 Å². The molecule has 1 atom stereocenters. The van der Waals surface area contributed by atoms with Crippen molar-refractivity contribution in [2.45, 2.75) is 19.0 Å². The minimum Gasteiger partial charge on any atom is -0.349 e. The number of nitrogens with zero attached hydrogens (tertiary/aromatic N) is 1. The van der Waals surface area contributed by atoms with Crippen LogP contribution in [0.2, 0.25) is 0 Å². The van der Waals surface area contributed by atoms with Crippen LogP contribution in [0, 0.1) is 0 Å². The molecule has 0 aliphatic carbocycles. The van der Waals surface area contributed by atoms with Crippen LogP contribution in [0.5, 0.6) is 0 Å². The molecule has 2 amide bonds. The predicted octanol–water partition coefficient (Wildman–Crippen LogP) is 2.05. The second-order valence-corrected chi connectivity index (χ2v) is 5.79. The summed E-state index contributed by atoms with van der Waals surface area (Å²) in [5.41, 5.74) is 3.34. The summed E-state index contributed by atoms with van der Waals surface area (Å²) in [4.78, 5) is 31.7. The van der Waals surface area contributed by atoms with Gasteiger partial charge in [0.05, 0.1) is 30.0 Å². The fraction of sp³-hybridized carbons (Fsp3) is 0.167. The summed E-state index contributed by atoms with van der Waals surface area (Å²) in [5, 5.41) is 5.70. The van der Waals surface area contributed by atoms with Crippen LogP contribution in [-0.4, -0.2) is 21.8 Å². The maximum absolute atomic E-state index is 12.2. The molecule has 6 heteroatoms. The molecule has 1 aromatic heterocycles. The molecule has 6 nitrogen and oxygen atoms in total. The summed E-state index contributed by atoms with van der Waals surface area (Å²) in [5.74, 6) is 0.457. The molecule has 1 aliphatic heterocycles. The lowest BCUT2D eigenvalue weighted by Gasteiger charge is -2.11. The van der Waals surface area contributed by atoms with Crippen LogP contribution in [0.4, 0.5) is 0 Å². The largest absolute Gasteiger partial charge is 0.349 e. The van der Waals surface area contributed by atoms with Gasteiger partial charge in [0.25, 0.3) is 5.91 Å². The molecule has 4 rings (SSSR count). The molecule has 0 saturated carbocycles. The first-order valence-electron chi connectivity index (χ1n) is 7.81. The molecular weight excluding hydrogens is 304 g/mol. The van der Waals surface area contributed by atoms with Crippen molar-refractivity contribution in [2.75, 3.05) is 0 Å². The summed E-state index contributed by atoms with van der Waals surface area (Å²) in [6.45, 7) is 0.329. The standard InChI is InChI=1S/C18H16N4O2/c23-17(9-15-11-5-1-2-6-12(11)18(24)22-15)19-10-16-20-13-7-3-4-8-14(13)21-16/h1-8,15H,9-10H2,(H,19,23)(H,20,21)(H,22,24)/t15-/m1/s1. The van der Waals surface area contributed by atoms with E-state index in [1.807, 2.05) is 42.5 Å². The molecule has 0 radical (unpaired) electrons. The Bertz CT molecular complexity index is 898. The van der Waals surface area contributed by atoms with Gasteiger partial charge in [-0.05, 0) is 23.8 Å². The topological polar surface area (TPSA) is 86.9 Å². The number of rotatable bonds is 4. The normalized spacial score (nSPS) is 16.0. The average Bonchev–Trinajstić information content (AvgIpc) is 3.15. The van der Waals surface area contributed by atoms with Crippen LogP contribution >= 0.6 is 0 Å². The second-order valence-electron chi connectivity index (χ2n) is 5.79. The van der Waals surface area contributed by atoms with E-state index in [1.165, 1.54) is 0 Å². The van der Waals surface area contributed by atoms with Gasteiger partial charge < -0.3 is 15.6 Å². The number of aromatic nitrogens is 2. The molecule has 3 aromatic rings. The third kappa shape index (κ3) is 2.62. The molecule has 1 aliphatic rings. The molecule has 0 bridgehead atoms. The van der Waals surface area contributed by atoms with E-state index < -0.39 is 0 Å². The Labute approximate surface area is 138 Å². The minimum absolute atomic E-state index is 0.124. The monoisotopic (exact) mass is 320 g/mol. The van der Waals surface area contributed by atoms with E-state index in [4.69, 9.17) is 0 Å². The van der Waals surface area contributed by atoms with Gasteiger partial charge in [0, 0.05) is 5.56 Å². The minimum atomic E-state index is -0.274. The highest BCUT2D eigenvalue weighted by Gasteiger charge is 2.29. The zero-order valence-corrected chi connectivity index (χ0v) is 12.9. The summed E-state index contributed by atoms with van der Waals surface area (Å²) >= 11 is 0. The van der Waals surface area contributed by atoms with Crippen molar-refractivity contribution in [3.05, 3.63) is 65.5 Å². The zero-order valence-electron chi connectivity index (χ0n) is 12.9. The Morgan fingerprint density at radius 1 is 1.12 bits per heavy atom. The zero-order chi connectivity index (χ0) is 16.5. The average molecular weight is 320 g/mol. The summed E-state index contributed by atoms with van der Waals surface area (Å²) in [7, 11) is 0. The van der Waals surface area contributed by atoms with Crippen LogP contribution in [0.15, 0.2) is 48.5 Å². The number of imidazole rings is 1. The highest BCUT2D eigenvalue weighted by molar-refractivity contribution is 5.99. The molecule has 3 N–H and O–H groups in total. The van der Waals surface area contributed by atoms with E-state index >= 15 is 0 Å². The number of hydrogen-bond donors (Lipinski definition) is 3. The van der Waals surface area contributed by atoms with Crippen LogP contribution < -0.4 is 10.6 Å². The summed E-state index contributed by atoms with van der Waals surface area (Å²) < 4.78 is 0. The maximum atomic E-state index is 12.2. The molecule has 0 unspecified atom stereocenters. The van der Waals surface area contributed by atoms with E-state index in [1.54, 1.807) is 6.07 Å². The third-order valence-corrected chi connectivity index (χ3v) is 4.17. The van der Waals surface area contributed by atoms with E-state index in [0.29, 0.717) is 17.9 Å². The van der Waals surface area contributed by atoms with Gasteiger partial charge in [-0.2, -0.15) is 0 Å². The lowest BCUT2D eigenvalue weighted by atomic mass is 10.0. The van der Waals surface area contributed by atoms with Crippen molar-refractivity contribution in [1.82, 2.24) is 20.6 Å². The quantitative estimate of drug-likeness (QED) is 0.687. The molecule has 0 fully saturated rings. The van der Waals surface area contributed by atoms with E-state index in [-0.39, 0.29) is 24.3 Å². The fourth-order valence-corrected chi connectivity index (χ4v) is 3.01. The molecule has 0 spiro atoms. The Balaban J connectivity index is 1.40. The number of benzene rings is 2. The summed E-state index contributed by atoms with van der Waals surface area (Å²) in [6, 6.07) is 14.8. The SMILES string of the molecule is O=C(C[C@H]1NC(=O)c2ccccc21)NCc1nc2ccccc2[nH]1. The molecular formula is C18H16N4O2. The van der Waals surface area contributed by atoms with Crippen molar-refractivity contribution in [2.24, 2.45) is 0 Å². The van der Waals surface area contributed by atoms with Gasteiger partial charge in [-0.1, -0.05) is 30.3 Å². The fourth-order valence-electron chi connectivity index (χ4n) is 3.01. The second kappa shape index (κ2) is 5.81. The predicted molar refractivity (Wildman–Crippen MR) is 89.2 cm³/mol. The number of carbonyl (C=O) groups excluding carboxylic acids is 2. The highest BCUT2D eigenvalue weighted by atomic mass is 16.2. The van der Waals surface area contributed by atoms with Gasteiger partial charge in [0.1, 0.15) is 5.82 Å². The Morgan fingerprint density at radius 3 is 2.79 bits per heavy atom. The van der Waals surface area contributed by atoms with Gasteiger partial charge >= 0.3 is 0 Å². The number of amides is 2. The Kier molecular flexibility index (Phi) is 3.49. The number of H-pyrrole nitrogens is 1. The van der Waals surface area contributed by atoms with Crippen molar-refractivity contribution >= 4 is 22.8 Å². The number of fused-ring (bicyclic) bond motifs is 2. The van der Waals surface area contributed by atoms with E-state index in [0.717, 1.165) is 16.6 Å². The molecule has 120 valence electrons. The number of carbonyl (C=O) groups is 2. The number of aromatic amines is 1. The maximum Gasteiger partial charge on any atom is 0.252 e. The Hall–Kier alpha value is -3.15.